The molecule has 0 atom stereocenters. The number of anilines is 1. The van der Waals surface area contributed by atoms with Crippen LogP contribution in [-0.2, 0) is 7.05 Å². The molecule has 1 heterocycles. The van der Waals surface area contributed by atoms with Gasteiger partial charge in [-0.2, -0.15) is 0 Å². The molecule has 1 fully saturated rings. The normalized spacial score (nSPS) is 16.7. The lowest BCUT2D eigenvalue weighted by Gasteiger charge is -2.20. The fraction of sp³-hybridized carbons (Fsp3) is 0.438. The van der Waals surface area contributed by atoms with Crippen molar-refractivity contribution in [3.8, 4) is 11.4 Å². The molecule has 100 valence electrons. The number of hydrogen-bond donors (Lipinski definition) is 1. The van der Waals surface area contributed by atoms with Crippen LogP contribution in [0.5, 0.6) is 0 Å². The standard InChI is InChI=1S/C16H21N3/c1-19-15(17)14(12-8-4-2-5-9-12)18-16(19)13-10-6-3-7-11-13/h3,6-7,10-12H,2,4-5,8-9,17H2,1H3. The lowest BCUT2D eigenvalue weighted by molar-refractivity contribution is 0.438. The summed E-state index contributed by atoms with van der Waals surface area (Å²) in [6.07, 6.45) is 6.43. The van der Waals surface area contributed by atoms with E-state index in [0.29, 0.717) is 5.92 Å². The van der Waals surface area contributed by atoms with Crippen LogP contribution in [0.2, 0.25) is 0 Å². The average molecular weight is 255 g/mol. The van der Waals surface area contributed by atoms with E-state index in [-0.39, 0.29) is 0 Å². The minimum Gasteiger partial charge on any atom is -0.384 e. The maximum Gasteiger partial charge on any atom is 0.141 e. The van der Waals surface area contributed by atoms with E-state index < -0.39 is 0 Å². The highest BCUT2D eigenvalue weighted by Crippen LogP contribution is 2.36. The van der Waals surface area contributed by atoms with Gasteiger partial charge in [0.25, 0.3) is 0 Å². The van der Waals surface area contributed by atoms with Crippen LogP contribution < -0.4 is 5.73 Å². The second kappa shape index (κ2) is 5.08. The van der Waals surface area contributed by atoms with Gasteiger partial charge in [-0.1, -0.05) is 49.6 Å². The fourth-order valence-corrected chi connectivity index (χ4v) is 3.05. The molecule has 19 heavy (non-hydrogen) atoms. The van der Waals surface area contributed by atoms with Gasteiger partial charge in [-0.25, -0.2) is 4.98 Å². The van der Waals surface area contributed by atoms with Crippen LogP contribution in [0.15, 0.2) is 30.3 Å². The van der Waals surface area contributed by atoms with Crippen LogP contribution in [0.4, 0.5) is 5.82 Å². The Balaban J connectivity index is 1.99. The quantitative estimate of drug-likeness (QED) is 0.888. The Hall–Kier alpha value is -1.77. The maximum absolute atomic E-state index is 6.27. The van der Waals surface area contributed by atoms with E-state index in [4.69, 9.17) is 10.7 Å². The number of benzene rings is 1. The second-order valence-electron chi connectivity index (χ2n) is 5.47. The minimum absolute atomic E-state index is 0.553. The van der Waals surface area contributed by atoms with Crippen molar-refractivity contribution in [1.82, 2.24) is 9.55 Å². The van der Waals surface area contributed by atoms with Gasteiger partial charge in [0.1, 0.15) is 11.6 Å². The van der Waals surface area contributed by atoms with Crippen LogP contribution >= 0.6 is 0 Å². The molecule has 0 radical (unpaired) electrons. The molecule has 0 saturated heterocycles. The summed E-state index contributed by atoms with van der Waals surface area (Å²) in [5.74, 6) is 2.38. The van der Waals surface area contributed by atoms with E-state index >= 15 is 0 Å². The summed E-state index contributed by atoms with van der Waals surface area (Å²) in [6.45, 7) is 0. The SMILES string of the molecule is Cn1c(-c2ccccc2)nc(C2CCCCC2)c1N. The van der Waals surface area contributed by atoms with E-state index in [2.05, 4.69) is 12.1 Å². The Morgan fingerprint density at radius 3 is 2.47 bits per heavy atom. The first-order chi connectivity index (χ1) is 9.27. The number of imidazole rings is 1. The van der Waals surface area contributed by atoms with E-state index in [0.717, 1.165) is 22.9 Å². The number of nitrogen functional groups attached to an aromatic ring is 1. The molecule has 0 unspecified atom stereocenters. The molecule has 1 aliphatic rings. The molecular weight excluding hydrogens is 234 g/mol. The monoisotopic (exact) mass is 255 g/mol. The van der Waals surface area contributed by atoms with Gasteiger partial charge in [0.05, 0.1) is 5.69 Å². The number of nitrogens with two attached hydrogens (primary N) is 1. The molecular formula is C16H21N3. The highest BCUT2D eigenvalue weighted by molar-refractivity contribution is 5.60. The molecule has 3 heteroatoms. The summed E-state index contributed by atoms with van der Waals surface area (Å²) in [5, 5.41) is 0. The van der Waals surface area contributed by atoms with Crippen LogP contribution in [0.1, 0.15) is 43.7 Å². The molecule has 1 saturated carbocycles. The van der Waals surface area contributed by atoms with Crippen molar-refractivity contribution < 1.29 is 0 Å². The van der Waals surface area contributed by atoms with E-state index in [1.165, 1.54) is 32.1 Å². The summed E-state index contributed by atoms with van der Waals surface area (Å²) in [4.78, 5) is 4.84. The van der Waals surface area contributed by atoms with Gasteiger partial charge in [-0.3, -0.25) is 0 Å². The van der Waals surface area contributed by atoms with E-state index in [1.54, 1.807) is 0 Å². The second-order valence-corrected chi connectivity index (χ2v) is 5.47. The Kier molecular flexibility index (Phi) is 3.28. The number of nitrogens with zero attached hydrogens (tertiary/aromatic N) is 2. The van der Waals surface area contributed by atoms with Gasteiger partial charge >= 0.3 is 0 Å². The van der Waals surface area contributed by atoms with Crippen molar-refractivity contribution >= 4 is 5.82 Å². The van der Waals surface area contributed by atoms with Crippen molar-refractivity contribution in [2.24, 2.45) is 7.05 Å². The first kappa shape index (κ1) is 12.3. The Morgan fingerprint density at radius 1 is 1.11 bits per heavy atom. The highest BCUT2D eigenvalue weighted by Gasteiger charge is 2.23. The summed E-state index contributed by atoms with van der Waals surface area (Å²) in [5.41, 5.74) is 8.52. The molecule has 0 spiro atoms. The van der Waals surface area contributed by atoms with Crippen molar-refractivity contribution in [2.45, 2.75) is 38.0 Å². The molecule has 1 aliphatic carbocycles. The zero-order chi connectivity index (χ0) is 13.2. The summed E-state index contributed by atoms with van der Waals surface area (Å²) in [6, 6.07) is 10.3. The molecule has 2 aromatic rings. The van der Waals surface area contributed by atoms with E-state index in [1.807, 2.05) is 29.8 Å². The molecule has 0 aliphatic heterocycles. The zero-order valence-corrected chi connectivity index (χ0v) is 11.5. The lowest BCUT2D eigenvalue weighted by atomic mass is 9.87. The third kappa shape index (κ3) is 2.25. The smallest absolute Gasteiger partial charge is 0.141 e. The first-order valence-corrected chi connectivity index (χ1v) is 7.15. The van der Waals surface area contributed by atoms with Crippen LogP contribution in [-0.4, -0.2) is 9.55 Å². The molecule has 0 amide bonds. The van der Waals surface area contributed by atoms with Crippen LogP contribution in [0, 0.1) is 0 Å². The summed E-state index contributed by atoms with van der Waals surface area (Å²) >= 11 is 0. The first-order valence-electron chi connectivity index (χ1n) is 7.15. The van der Waals surface area contributed by atoms with Crippen LogP contribution in [0.25, 0.3) is 11.4 Å². The maximum atomic E-state index is 6.27. The molecule has 1 aromatic heterocycles. The largest absolute Gasteiger partial charge is 0.384 e. The van der Waals surface area contributed by atoms with Crippen LogP contribution in [0.3, 0.4) is 0 Å². The van der Waals surface area contributed by atoms with Crippen molar-refractivity contribution in [2.75, 3.05) is 5.73 Å². The summed E-state index contributed by atoms with van der Waals surface area (Å²) in [7, 11) is 2.01. The predicted octanol–water partition coefficient (Wildman–Crippen LogP) is 3.72. The fourth-order valence-electron chi connectivity index (χ4n) is 3.05. The third-order valence-electron chi connectivity index (χ3n) is 4.19. The topological polar surface area (TPSA) is 43.8 Å². The molecule has 1 aromatic carbocycles. The Bertz CT molecular complexity index is 551. The minimum atomic E-state index is 0.553. The van der Waals surface area contributed by atoms with Gasteiger partial charge in [-0.15, -0.1) is 0 Å². The van der Waals surface area contributed by atoms with Crippen molar-refractivity contribution in [3.63, 3.8) is 0 Å². The Labute approximate surface area is 114 Å². The highest BCUT2D eigenvalue weighted by atomic mass is 15.1. The summed E-state index contributed by atoms with van der Waals surface area (Å²) < 4.78 is 2.03. The number of hydrogen-bond acceptors (Lipinski definition) is 2. The van der Waals surface area contributed by atoms with Gasteiger partial charge in [-0.05, 0) is 12.8 Å². The van der Waals surface area contributed by atoms with Gasteiger partial charge in [0.15, 0.2) is 0 Å². The van der Waals surface area contributed by atoms with Crippen molar-refractivity contribution in [1.29, 1.82) is 0 Å². The predicted molar refractivity (Wildman–Crippen MR) is 78.9 cm³/mol. The van der Waals surface area contributed by atoms with Gasteiger partial charge in [0, 0.05) is 18.5 Å². The zero-order valence-electron chi connectivity index (χ0n) is 11.5. The number of aromatic nitrogens is 2. The third-order valence-corrected chi connectivity index (χ3v) is 4.19. The van der Waals surface area contributed by atoms with Gasteiger partial charge in [0.2, 0.25) is 0 Å². The molecule has 2 N–H and O–H groups in total. The number of rotatable bonds is 2. The average Bonchev–Trinajstić information content (AvgIpc) is 2.77. The van der Waals surface area contributed by atoms with Gasteiger partial charge < -0.3 is 10.3 Å². The molecule has 3 nitrogen and oxygen atoms in total. The Morgan fingerprint density at radius 2 is 1.79 bits per heavy atom. The molecule has 0 bridgehead atoms. The molecule has 3 rings (SSSR count). The lowest BCUT2D eigenvalue weighted by Crippen LogP contribution is -2.08. The van der Waals surface area contributed by atoms with Crippen molar-refractivity contribution in [3.05, 3.63) is 36.0 Å². The van der Waals surface area contributed by atoms with E-state index in [9.17, 15) is 0 Å².